The fourth-order valence-corrected chi connectivity index (χ4v) is 7.93. The summed E-state index contributed by atoms with van der Waals surface area (Å²) >= 11 is 0. The van der Waals surface area contributed by atoms with Crippen molar-refractivity contribution in [2.45, 2.75) is 55.3 Å². The normalized spacial score (nSPS) is 20.2. The largest absolute Gasteiger partial charge is 0.307 e. The zero-order valence-electron chi connectivity index (χ0n) is 19.9. The molecular weight excluding hydrogens is 486 g/mol. The Balaban J connectivity index is 1.51. The van der Waals surface area contributed by atoms with E-state index in [-0.39, 0.29) is 16.2 Å². The Bertz CT molecular complexity index is 1360. The zero-order valence-corrected chi connectivity index (χ0v) is 21.5. The Morgan fingerprint density at radius 3 is 2.31 bits per heavy atom. The van der Waals surface area contributed by atoms with Crippen molar-refractivity contribution in [1.29, 1.82) is 0 Å². The molecule has 5 rings (SSSR count). The SMILES string of the molecule is CS(=O)(=O)Nc1ccc2c(c1)C1(CCCCC1)CN2C(=O)c1cccc(S(=O)(=O)N2CCCC2)c1. The standard InChI is InChI=1S/C25H31N3O5S2/c1-34(30,31)26-20-10-11-23-22(17-20)25(12-3-2-4-13-25)18-28(23)24(29)19-8-7-9-21(16-19)35(32,33)27-14-5-6-15-27/h7-11,16-17,26H,2-6,12-15,18H2,1H3. The predicted octanol–water partition coefficient (Wildman–Crippen LogP) is 3.70. The molecule has 3 aliphatic rings. The third kappa shape index (κ3) is 4.59. The van der Waals surface area contributed by atoms with Gasteiger partial charge in [0.05, 0.1) is 11.2 Å². The molecule has 2 aliphatic heterocycles. The number of hydrogen-bond donors (Lipinski definition) is 1. The quantitative estimate of drug-likeness (QED) is 0.651. The molecule has 35 heavy (non-hydrogen) atoms. The molecule has 0 unspecified atom stereocenters. The average molecular weight is 518 g/mol. The second-order valence-corrected chi connectivity index (χ2v) is 13.7. The van der Waals surface area contributed by atoms with E-state index in [0.717, 1.165) is 62.5 Å². The topological polar surface area (TPSA) is 104 Å². The van der Waals surface area contributed by atoms with Crippen molar-refractivity contribution < 1.29 is 21.6 Å². The molecule has 0 bridgehead atoms. The van der Waals surface area contributed by atoms with Crippen LogP contribution in [-0.2, 0) is 25.5 Å². The van der Waals surface area contributed by atoms with Crippen LogP contribution in [0.25, 0.3) is 0 Å². The van der Waals surface area contributed by atoms with Crippen molar-refractivity contribution in [2.24, 2.45) is 0 Å². The highest BCUT2D eigenvalue weighted by atomic mass is 32.2. The molecule has 1 spiro atoms. The Hall–Kier alpha value is -2.43. The van der Waals surface area contributed by atoms with Gasteiger partial charge in [-0.05, 0) is 67.6 Å². The van der Waals surface area contributed by atoms with E-state index in [4.69, 9.17) is 0 Å². The minimum Gasteiger partial charge on any atom is -0.307 e. The third-order valence-electron chi connectivity index (χ3n) is 7.46. The summed E-state index contributed by atoms with van der Waals surface area (Å²) in [7, 11) is -7.06. The van der Waals surface area contributed by atoms with Gasteiger partial charge in [0, 0.05) is 42.0 Å². The lowest BCUT2D eigenvalue weighted by Gasteiger charge is -2.34. The van der Waals surface area contributed by atoms with Gasteiger partial charge in [0.1, 0.15) is 0 Å². The highest BCUT2D eigenvalue weighted by molar-refractivity contribution is 7.92. The van der Waals surface area contributed by atoms with Crippen LogP contribution in [0, 0.1) is 0 Å². The minimum atomic E-state index is -3.63. The van der Waals surface area contributed by atoms with Crippen molar-refractivity contribution in [3.63, 3.8) is 0 Å². The van der Waals surface area contributed by atoms with Crippen molar-refractivity contribution in [1.82, 2.24) is 4.31 Å². The third-order valence-corrected chi connectivity index (χ3v) is 9.96. The first kappa shape index (κ1) is 24.3. The van der Waals surface area contributed by atoms with E-state index < -0.39 is 20.0 Å². The van der Waals surface area contributed by atoms with Crippen LogP contribution in [0.2, 0.25) is 0 Å². The van der Waals surface area contributed by atoms with Crippen molar-refractivity contribution >= 4 is 37.3 Å². The molecule has 10 heteroatoms. The van der Waals surface area contributed by atoms with Crippen LogP contribution in [0.1, 0.15) is 60.9 Å². The number of amides is 1. The summed E-state index contributed by atoms with van der Waals surface area (Å²) in [5.41, 5.74) is 2.35. The molecule has 188 valence electrons. The van der Waals surface area contributed by atoms with Gasteiger partial charge in [-0.1, -0.05) is 25.3 Å². The van der Waals surface area contributed by atoms with Gasteiger partial charge in [-0.2, -0.15) is 4.31 Å². The van der Waals surface area contributed by atoms with E-state index in [2.05, 4.69) is 4.72 Å². The van der Waals surface area contributed by atoms with E-state index >= 15 is 0 Å². The smallest absolute Gasteiger partial charge is 0.258 e. The monoisotopic (exact) mass is 517 g/mol. The van der Waals surface area contributed by atoms with Crippen LogP contribution in [0.4, 0.5) is 11.4 Å². The van der Waals surface area contributed by atoms with E-state index in [9.17, 15) is 21.6 Å². The van der Waals surface area contributed by atoms with Crippen molar-refractivity contribution in [3.05, 3.63) is 53.6 Å². The number of benzene rings is 2. The van der Waals surface area contributed by atoms with Crippen LogP contribution in [-0.4, -0.2) is 52.9 Å². The number of nitrogens with zero attached hydrogens (tertiary/aromatic N) is 2. The van der Waals surface area contributed by atoms with E-state index in [1.54, 1.807) is 35.2 Å². The highest BCUT2D eigenvalue weighted by Gasteiger charge is 2.45. The molecular formula is C25H31N3O5S2. The first-order valence-corrected chi connectivity index (χ1v) is 15.5. The van der Waals surface area contributed by atoms with E-state index in [0.29, 0.717) is 30.9 Å². The Morgan fingerprint density at radius 1 is 0.914 bits per heavy atom. The summed E-state index contributed by atoms with van der Waals surface area (Å²) < 4.78 is 53.8. The number of rotatable bonds is 5. The zero-order chi connectivity index (χ0) is 24.8. The van der Waals surface area contributed by atoms with Gasteiger partial charge < -0.3 is 4.90 Å². The van der Waals surface area contributed by atoms with Gasteiger partial charge in [-0.25, -0.2) is 16.8 Å². The number of carbonyl (C=O) groups excluding carboxylic acids is 1. The molecule has 8 nitrogen and oxygen atoms in total. The maximum Gasteiger partial charge on any atom is 0.258 e. The number of nitrogens with one attached hydrogen (secondary N) is 1. The maximum absolute atomic E-state index is 13.8. The van der Waals surface area contributed by atoms with Crippen molar-refractivity contribution in [3.8, 4) is 0 Å². The van der Waals surface area contributed by atoms with Crippen LogP contribution in [0.15, 0.2) is 47.4 Å². The number of hydrogen-bond acceptors (Lipinski definition) is 5. The number of sulfonamides is 2. The summed E-state index contributed by atoms with van der Waals surface area (Å²) in [5, 5.41) is 0. The highest BCUT2D eigenvalue weighted by Crippen LogP contribution is 2.50. The van der Waals surface area contributed by atoms with Crippen LogP contribution in [0.3, 0.4) is 0 Å². The van der Waals surface area contributed by atoms with Gasteiger partial charge in [0.2, 0.25) is 20.0 Å². The fraction of sp³-hybridized carbons (Fsp3) is 0.480. The molecule has 1 N–H and O–H groups in total. The second-order valence-electron chi connectivity index (χ2n) is 9.98. The fourth-order valence-electron chi connectivity index (χ4n) is 5.81. The summed E-state index contributed by atoms with van der Waals surface area (Å²) in [4.78, 5) is 15.6. The summed E-state index contributed by atoms with van der Waals surface area (Å²) in [5.74, 6) is -0.240. The molecule has 2 fully saturated rings. The summed E-state index contributed by atoms with van der Waals surface area (Å²) in [6, 6.07) is 11.7. The van der Waals surface area contributed by atoms with Crippen LogP contribution in [0.5, 0.6) is 0 Å². The summed E-state index contributed by atoms with van der Waals surface area (Å²) in [6.45, 7) is 1.52. The molecule has 2 aromatic carbocycles. The van der Waals surface area contributed by atoms with E-state index in [1.165, 1.54) is 10.4 Å². The number of carbonyl (C=O) groups is 1. The number of anilines is 2. The molecule has 1 saturated carbocycles. The molecule has 2 heterocycles. The minimum absolute atomic E-state index is 0.143. The Kier molecular flexibility index (Phi) is 6.17. The Morgan fingerprint density at radius 2 is 1.63 bits per heavy atom. The first-order chi connectivity index (χ1) is 16.6. The second kappa shape index (κ2) is 8.90. The molecule has 0 atom stereocenters. The molecule has 0 aromatic heterocycles. The van der Waals surface area contributed by atoms with E-state index in [1.807, 2.05) is 6.07 Å². The molecule has 0 radical (unpaired) electrons. The van der Waals surface area contributed by atoms with Crippen molar-refractivity contribution in [2.75, 3.05) is 35.5 Å². The average Bonchev–Trinajstić information content (AvgIpc) is 3.47. The van der Waals surface area contributed by atoms with Gasteiger partial charge in [-0.15, -0.1) is 0 Å². The molecule has 1 saturated heterocycles. The lowest BCUT2D eigenvalue weighted by molar-refractivity contribution is 0.0982. The van der Waals surface area contributed by atoms with Gasteiger partial charge in [-0.3, -0.25) is 9.52 Å². The maximum atomic E-state index is 13.8. The predicted molar refractivity (Wildman–Crippen MR) is 136 cm³/mol. The van der Waals surface area contributed by atoms with Gasteiger partial charge >= 0.3 is 0 Å². The molecule has 2 aromatic rings. The molecule has 1 aliphatic carbocycles. The lowest BCUT2D eigenvalue weighted by atomic mass is 9.70. The first-order valence-electron chi connectivity index (χ1n) is 12.1. The summed E-state index contributed by atoms with van der Waals surface area (Å²) in [6.07, 6.45) is 7.91. The lowest BCUT2D eigenvalue weighted by Crippen LogP contribution is -2.38. The number of fused-ring (bicyclic) bond motifs is 2. The van der Waals surface area contributed by atoms with Crippen LogP contribution < -0.4 is 9.62 Å². The van der Waals surface area contributed by atoms with Gasteiger partial charge in [0.25, 0.3) is 5.91 Å². The molecule has 1 amide bonds. The van der Waals surface area contributed by atoms with Crippen LogP contribution >= 0.6 is 0 Å². The van der Waals surface area contributed by atoms with Gasteiger partial charge in [0.15, 0.2) is 0 Å². The Labute approximate surface area is 207 Å².